The van der Waals surface area contributed by atoms with Crippen molar-refractivity contribution in [2.24, 2.45) is 5.73 Å². The molecular weight excluding hydrogens is 270 g/mol. The van der Waals surface area contributed by atoms with Crippen LogP contribution in [0.5, 0.6) is 0 Å². The molecule has 0 radical (unpaired) electrons. The second-order valence-electron chi connectivity index (χ2n) is 5.72. The minimum atomic E-state index is 0.408. The van der Waals surface area contributed by atoms with E-state index in [9.17, 15) is 0 Å². The Morgan fingerprint density at radius 3 is 2.70 bits per heavy atom. The quantitative estimate of drug-likeness (QED) is 0.844. The molecule has 0 aliphatic carbocycles. The summed E-state index contributed by atoms with van der Waals surface area (Å²) in [4.78, 5) is 4.93. The molecule has 0 saturated carbocycles. The third-order valence-corrected chi connectivity index (χ3v) is 4.11. The Kier molecular flexibility index (Phi) is 4.55. The van der Waals surface area contributed by atoms with Crippen molar-refractivity contribution in [3.8, 4) is 0 Å². The number of nitrogens with zero attached hydrogens (tertiary/aromatic N) is 4. The summed E-state index contributed by atoms with van der Waals surface area (Å²) in [6.45, 7) is 5.95. The molecule has 6 heteroatoms. The number of aryl methyl sites for hydroxylation is 1. The molecule has 0 amide bonds. The van der Waals surface area contributed by atoms with Crippen LogP contribution >= 0.6 is 12.2 Å². The summed E-state index contributed by atoms with van der Waals surface area (Å²) >= 11 is 5.23. The lowest BCUT2D eigenvalue weighted by atomic mass is 10.1. The number of hydrogen-bond acceptors (Lipinski definition) is 5. The Bertz CT molecular complexity index is 515. The van der Waals surface area contributed by atoms with Gasteiger partial charge in [0.2, 0.25) is 0 Å². The maximum absolute atomic E-state index is 5.93. The fourth-order valence-electron chi connectivity index (χ4n) is 2.82. The highest BCUT2D eigenvalue weighted by atomic mass is 32.1. The Morgan fingerprint density at radius 1 is 1.40 bits per heavy atom. The standard InChI is InChI=1S/C14H23N5S/c1-9-10(2)16-17-14(12(9)13(15)20)19-7-5-6-11(19)8-18(3)4/h11H,5-8H2,1-4H3,(H2,15,20). The lowest BCUT2D eigenvalue weighted by molar-refractivity contribution is 0.371. The zero-order valence-electron chi connectivity index (χ0n) is 12.7. The van der Waals surface area contributed by atoms with E-state index in [1.165, 1.54) is 12.8 Å². The van der Waals surface area contributed by atoms with Gasteiger partial charge in [-0.2, -0.15) is 5.10 Å². The number of thiocarbonyl (C=S) groups is 1. The minimum absolute atomic E-state index is 0.408. The van der Waals surface area contributed by atoms with Crippen molar-refractivity contribution in [2.45, 2.75) is 32.7 Å². The van der Waals surface area contributed by atoms with Crippen molar-refractivity contribution in [3.05, 3.63) is 16.8 Å². The first-order valence-electron chi connectivity index (χ1n) is 6.97. The Morgan fingerprint density at radius 2 is 2.10 bits per heavy atom. The van der Waals surface area contributed by atoms with Crippen LogP contribution in [-0.2, 0) is 0 Å². The molecule has 2 N–H and O–H groups in total. The van der Waals surface area contributed by atoms with Crippen molar-refractivity contribution >= 4 is 23.0 Å². The van der Waals surface area contributed by atoms with Gasteiger partial charge in [-0.25, -0.2) is 0 Å². The van der Waals surface area contributed by atoms with Crippen LogP contribution in [0.3, 0.4) is 0 Å². The molecular formula is C14H23N5S. The number of anilines is 1. The van der Waals surface area contributed by atoms with E-state index in [4.69, 9.17) is 18.0 Å². The van der Waals surface area contributed by atoms with E-state index in [-0.39, 0.29) is 0 Å². The van der Waals surface area contributed by atoms with Crippen molar-refractivity contribution in [2.75, 3.05) is 32.1 Å². The highest BCUT2D eigenvalue weighted by molar-refractivity contribution is 7.80. The first-order chi connectivity index (χ1) is 9.41. The molecule has 0 spiro atoms. The highest BCUT2D eigenvalue weighted by Gasteiger charge is 2.29. The normalized spacial score (nSPS) is 18.9. The van der Waals surface area contributed by atoms with Crippen LogP contribution < -0.4 is 10.6 Å². The minimum Gasteiger partial charge on any atom is -0.389 e. The molecule has 5 nitrogen and oxygen atoms in total. The molecule has 1 atom stereocenters. The molecule has 0 aromatic carbocycles. The summed E-state index contributed by atoms with van der Waals surface area (Å²) in [6.07, 6.45) is 2.34. The largest absolute Gasteiger partial charge is 0.389 e. The third-order valence-electron chi connectivity index (χ3n) is 3.91. The maximum Gasteiger partial charge on any atom is 0.162 e. The molecule has 1 aromatic rings. The average molecular weight is 293 g/mol. The summed E-state index contributed by atoms with van der Waals surface area (Å²) in [7, 11) is 4.19. The number of hydrogen-bond donors (Lipinski definition) is 1. The number of aromatic nitrogens is 2. The molecule has 1 fully saturated rings. The summed E-state index contributed by atoms with van der Waals surface area (Å²) < 4.78 is 0. The molecule has 1 aliphatic rings. The van der Waals surface area contributed by atoms with E-state index in [0.29, 0.717) is 11.0 Å². The van der Waals surface area contributed by atoms with Crippen LogP contribution in [0.25, 0.3) is 0 Å². The van der Waals surface area contributed by atoms with Gasteiger partial charge in [0.15, 0.2) is 5.82 Å². The zero-order valence-corrected chi connectivity index (χ0v) is 13.5. The molecule has 2 heterocycles. The van der Waals surface area contributed by atoms with E-state index in [2.05, 4.69) is 34.1 Å². The van der Waals surface area contributed by atoms with Gasteiger partial charge in [0.25, 0.3) is 0 Å². The molecule has 1 aromatic heterocycles. The fraction of sp³-hybridized carbons (Fsp3) is 0.643. The second kappa shape index (κ2) is 6.01. The summed E-state index contributed by atoms with van der Waals surface area (Å²) in [6, 6.07) is 0.453. The molecule has 1 unspecified atom stereocenters. The monoisotopic (exact) mass is 293 g/mol. The van der Waals surface area contributed by atoms with E-state index in [0.717, 1.165) is 35.7 Å². The fourth-order valence-corrected chi connectivity index (χ4v) is 3.06. The van der Waals surface area contributed by atoms with Crippen LogP contribution in [-0.4, -0.2) is 53.3 Å². The molecule has 20 heavy (non-hydrogen) atoms. The van der Waals surface area contributed by atoms with Crippen molar-refractivity contribution in [1.82, 2.24) is 15.1 Å². The number of rotatable bonds is 4. The number of likely N-dealkylation sites (N-methyl/N-ethyl adjacent to an activating group) is 1. The van der Waals surface area contributed by atoms with Gasteiger partial charge < -0.3 is 15.5 Å². The van der Waals surface area contributed by atoms with Gasteiger partial charge in [-0.3, -0.25) is 0 Å². The van der Waals surface area contributed by atoms with Crippen LogP contribution in [0.2, 0.25) is 0 Å². The summed E-state index contributed by atoms with van der Waals surface area (Å²) in [5.74, 6) is 0.852. The van der Waals surface area contributed by atoms with Crippen LogP contribution in [0.4, 0.5) is 5.82 Å². The SMILES string of the molecule is Cc1nnc(N2CCCC2CN(C)C)c(C(N)=S)c1C. The Labute approximate surface area is 126 Å². The predicted octanol–water partition coefficient (Wildman–Crippen LogP) is 1.26. The lowest BCUT2D eigenvalue weighted by Crippen LogP contribution is -2.39. The zero-order chi connectivity index (χ0) is 14.9. The Balaban J connectivity index is 2.41. The van der Waals surface area contributed by atoms with E-state index in [1.807, 2.05) is 13.8 Å². The highest BCUT2D eigenvalue weighted by Crippen LogP contribution is 2.29. The predicted molar refractivity (Wildman–Crippen MR) is 86.3 cm³/mol. The van der Waals surface area contributed by atoms with Gasteiger partial charge in [-0.05, 0) is 46.3 Å². The second-order valence-corrected chi connectivity index (χ2v) is 6.16. The van der Waals surface area contributed by atoms with Gasteiger partial charge in [-0.1, -0.05) is 12.2 Å². The van der Waals surface area contributed by atoms with Gasteiger partial charge in [0.05, 0.1) is 11.3 Å². The molecule has 1 aliphatic heterocycles. The molecule has 0 bridgehead atoms. The molecule has 110 valence electrons. The van der Waals surface area contributed by atoms with Gasteiger partial charge in [0, 0.05) is 19.1 Å². The van der Waals surface area contributed by atoms with Crippen molar-refractivity contribution < 1.29 is 0 Å². The number of nitrogens with two attached hydrogens (primary N) is 1. The molecule has 2 rings (SSSR count). The van der Waals surface area contributed by atoms with Crippen molar-refractivity contribution in [3.63, 3.8) is 0 Å². The average Bonchev–Trinajstić information content (AvgIpc) is 2.79. The third kappa shape index (κ3) is 2.91. The van der Waals surface area contributed by atoms with Crippen LogP contribution in [0.1, 0.15) is 29.7 Å². The van der Waals surface area contributed by atoms with Crippen molar-refractivity contribution in [1.29, 1.82) is 0 Å². The first kappa shape index (κ1) is 15.1. The topological polar surface area (TPSA) is 58.3 Å². The summed E-state index contributed by atoms with van der Waals surface area (Å²) in [5, 5.41) is 8.65. The Hall–Kier alpha value is -1.27. The first-order valence-corrected chi connectivity index (χ1v) is 7.37. The van der Waals surface area contributed by atoms with Crippen LogP contribution in [0.15, 0.2) is 0 Å². The van der Waals surface area contributed by atoms with Gasteiger partial charge in [-0.15, -0.1) is 5.10 Å². The van der Waals surface area contributed by atoms with E-state index < -0.39 is 0 Å². The maximum atomic E-state index is 5.93. The molecule has 1 saturated heterocycles. The van der Waals surface area contributed by atoms with E-state index in [1.54, 1.807) is 0 Å². The van der Waals surface area contributed by atoms with Crippen LogP contribution in [0, 0.1) is 13.8 Å². The van der Waals surface area contributed by atoms with Gasteiger partial charge in [0.1, 0.15) is 4.99 Å². The lowest BCUT2D eigenvalue weighted by Gasteiger charge is -2.29. The van der Waals surface area contributed by atoms with Gasteiger partial charge >= 0.3 is 0 Å². The van der Waals surface area contributed by atoms with E-state index >= 15 is 0 Å². The smallest absolute Gasteiger partial charge is 0.162 e. The summed E-state index contributed by atoms with van der Waals surface area (Å²) in [5.41, 5.74) is 8.74.